The number of nitrogens with two attached hydrogens (primary N) is 1. The summed E-state index contributed by atoms with van der Waals surface area (Å²) < 4.78 is 5.41. The van der Waals surface area contributed by atoms with E-state index in [9.17, 15) is 4.79 Å². The van der Waals surface area contributed by atoms with Crippen LogP contribution in [0.4, 0.5) is 0 Å². The minimum Gasteiger partial charge on any atom is -0.381 e. The summed E-state index contributed by atoms with van der Waals surface area (Å²) in [6.07, 6.45) is 2.76. The predicted octanol–water partition coefficient (Wildman–Crippen LogP) is 1.63. The van der Waals surface area contributed by atoms with Crippen molar-refractivity contribution in [2.24, 2.45) is 23.0 Å². The van der Waals surface area contributed by atoms with Crippen LogP contribution in [0.25, 0.3) is 0 Å². The molecule has 19 heavy (non-hydrogen) atoms. The number of hydrogen-bond acceptors (Lipinski definition) is 3. The Morgan fingerprint density at radius 2 is 1.95 bits per heavy atom. The molecule has 4 nitrogen and oxygen atoms in total. The maximum absolute atomic E-state index is 13.0. The highest BCUT2D eigenvalue weighted by atomic mass is 16.5. The van der Waals surface area contributed by atoms with E-state index >= 15 is 0 Å². The van der Waals surface area contributed by atoms with E-state index in [1.807, 2.05) is 0 Å². The Balaban J connectivity index is 2.16. The smallest absolute Gasteiger partial charge is 0.230 e. The predicted molar refractivity (Wildman–Crippen MR) is 75.7 cm³/mol. The molecular formula is C15H28N2O2. The third-order valence-electron chi connectivity index (χ3n) is 5.15. The van der Waals surface area contributed by atoms with Gasteiger partial charge >= 0.3 is 0 Å². The van der Waals surface area contributed by atoms with Gasteiger partial charge in [0, 0.05) is 32.3 Å². The van der Waals surface area contributed by atoms with Gasteiger partial charge in [-0.1, -0.05) is 13.8 Å². The van der Waals surface area contributed by atoms with Gasteiger partial charge in [-0.3, -0.25) is 4.79 Å². The summed E-state index contributed by atoms with van der Waals surface area (Å²) >= 11 is 0. The van der Waals surface area contributed by atoms with Crippen LogP contribution in [0.5, 0.6) is 0 Å². The third kappa shape index (κ3) is 2.79. The number of amides is 1. The second-order valence-electron chi connectivity index (χ2n) is 6.61. The van der Waals surface area contributed by atoms with Crippen LogP contribution in [-0.2, 0) is 9.53 Å². The van der Waals surface area contributed by atoms with Crippen molar-refractivity contribution in [1.82, 2.24) is 4.90 Å². The lowest BCUT2D eigenvalue weighted by atomic mass is 9.76. The maximum Gasteiger partial charge on any atom is 0.230 e. The normalized spacial score (nSPS) is 35.2. The van der Waals surface area contributed by atoms with E-state index in [1.54, 1.807) is 0 Å². The lowest BCUT2D eigenvalue weighted by molar-refractivity contribution is -0.153. The van der Waals surface area contributed by atoms with Crippen LogP contribution < -0.4 is 5.73 Å². The zero-order chi connectivity index (χ0) is 14.0. The summed E-state index contributed by atoms with van der Waals surface area (Å²) in [5.41, 5.74) is 5.59. The van der Waals surface area contributed by atoms with Gasteiger partial charge in [0.1, 0.15) is 0 Å². The van der Waals surface area contributed by atoms with Gasteiger partial charge in [0.25, 0.3) is 0 Å². The average Bonchev–Trinajstić information content (AvgIpc) is 2.42. The molecule has 0 aromatic heterocycles. The quantitative estimate of drug-likeness (QED) is 0.828. The van der Waals surface area contributed by atoms with Gasteiger partial charge in [0.2, 0.25) is 5.91 Å². The molecule has 0 bridgehead atoms. The first-order chi connectivity index (χ1) is 9.00. The SMILES string of the molecule is CC1CC(C)C(C)N(C(=O)C2(CN)CCOCC2)C1. The topological polar surface area (TPSA) is 55.6 Å². The molecule has 0 radical (unpaired) electrons. The molecule has 3 atom stereocenters. The molecule has 0 aromatic rings. The number of hydrogen-bond donors (Lipinski definition) is 1. The van der Waals surface area contributed by atoms with E-state index < -0.39 is 0 Å². The Morgan fingerprint density at radius 1 is 1.32 bits per heavy atom. The highest BCUT2D eigenvalue weighted by molar-refractivity contribution is 5.83. The Bertz CT molecular complexity index is 326. The van der Waals surface area contributed by atoms with Gasteiger partial charge in [-0.15, -0.1) is 0 Å². The van der Waals surface area contributed by atoms with Gasteiger partial charge < -0.3 is 15.4 Å². The van der Waals surface area contributed by atoms with Crippen molar-refractivity contribution in [1.29, 1.82) is 0 Å². The molecule has 0 spiro atoms. The molecule has 4 heteroatoms. The van der Waals surface area contributed by atoms with Crippen LogP contribution in [0.3, 0.4) is 0 Å². The van der Waals surface area contributed by atoms with E-state index in [-0.39, 0.29) is 11.3 Å². The van der Waals surface area contributed by atoms with Crippen LogP contribution in [-0.4, -0.2) is 43.2 Å². The monoisotopic (exact) mass is 268 g/mol. The molecule has 2 saturated heterocycles. The number of likely N-dealkylation sites (tertiary alicyclic amines) is 1. The van der Waals surface area contributed by atoms with Gasteiger partial charge in [0.05, 0.1) is 5.41 Å². The third-order valence-corrected chi connectivity index (χ3v) is 5.15. The fraction of sp³-hybridized carbons (Fsp3) is 0.933. The van der Waals surface area contributed by atoms with Gasteiger partial charge in [-0.05, 0) is 38.0 Å². The minimum absolute atomic E-state index is 0.268. The van der Waals surface area contributed by atoms with Crippen LogP contribution in [0.2, 0.25) is 0 Å². The lowest BCUT2D eigenvalue weighted by Gasteiger charge is -2.46. The number of carbonyl (C=O) groups is 1. The number of rotatable bonds is 2. The van der Waals surface area contributed by atoms with Gasteiger partial charge in [0.15, 0.2) is 0 Å². The van der Waals surface area contributed by atoms with Crippen LogP contribution in [0, 0.1) is 17.3 Å². The molecular weight excluding hydrogens is 240 g/mol. The van der Waals surface area contributed by atoms with Crippen LogP contribution in [0.1, 0.15) is 40.0 Å². The molecule has 2 aliphatic heterocycles. The van der Waals surface area contributed by atoms with Crippen molar-refractivity contribution < 1.29 is 9.53 Å². The zero-order valence-electron chi connectivity index (χ0n) is 12.5. The first-order valence-corrected chi connectivity index (χ1v) is 7.59. The molecule has 2 fully saturated rings. The number of ether oxygens (including phenoxy) is 1. The average molecular weight is 268 g/mol. The first kappa shape index (κ1) is 14.8. The molecule has 0 aliphatic carbocycles. The molecule has 110 valence electrons. The molecule has 2 N–H and O–H groups in total. The molecule has 0 aromatic carbocycles. The second-order valence-corrected chi connectivity index (χ2v) is 6.61. The van der Waals surface area contributed by atoms with E-state index in [4.69, 9.17) is 10.5 Å². The van der Waals surface area contributed by atoms with Crippen molar-refractivity contribution in [3.8, 4) is 0 Å². The maximum atomic E-state index is 13.0. The summed E-state index contributed by atoms with van der Waals surface area (Å²) in [5, 5.41) is 0. The summed E-state index contributed by atoms with van der Waals surface area (Å²) in [7, 11) is 0. The van der Waals surface area contributed by atoms with E-state index in [1.165, 1.54) is 6.42 Å². The van der Waals surface area contributed by atoms with E-state index in [0.717, 1.165) is 19.4 Å². The molecule has 2 heterocycles. The number of piperidine rings is 1. The standard InChI is InChI=1S/C15H28N2O2/c1-11-8-12(2)13(3)17(9-11)14(18)15(10-16)4-6-19-7-5-15/h11-13H,4-10,16H2,1-3H3. The molecule has 2 aliphatic rings. The highest BCUT2D eigenvalue weighted by Gasteiger charge is 2.44. The fourth-order valence-corrected chi connectivity index (χ4v) is 3.56. The van der Waals surface area contributed by atoms with Crippen molar-refractivity contribution in [3.63, 3.8) is 0 Å². The number of carbonyl (C=O) groups excluding carboxylic acids is 1. The first-order valence-electron chi connectivity index (χ1n) is 7.59. The molecule has 0 saturated carbocycles. The van der Waals surface area contributed by atoms with Crippen LogP contribution in [0.15, 0.2) is 0 Å². The largest absolute Gasteiger partial charge is 0.381 e. The summed E-state index contributed by atoms with van der Waals surface area (Å²) in [6, 6.07) is 0.329. The van der Waals surface area contributed by atoms with Gasteiger partial charge in [-0.25, -0.2) is 0 Å². The minimum atomic E-state index is -0.372. The van der Waals surface area contributed by atoms with E-state index in [0.29, 0.717) is 37.6 Å². The van der Waals surface area contributed by atoms with Crippen molar-refractivity contribution in [3.05, 3.63) is 0 Å². The molecule has 2 rings (SSSR count). The molecule has 1 amide bonds. The van der Waals surface area contributed by atoms with E-state index in [2.05, 4.69) is 25.7 Å². The zero-order valence-corrected chi connectivity index (χ0v) is 12.5. The van der Waals surface area contributed by atoms with Crippen molar-refractivity contribution in [2.75, 3.05) is 26.3 Å². The highest BCUT2D eigenvalue weighted by Crippen LogP contribution is 2.36. The van der Waals surface area contributed by atoms with Crippen molar-refractivity contribution >= 4 is 5.91 Å². The molecule has 3 unspecified atom stereocenters. The fourth-order valence-electron chi connectivity index (χ4n) is 3.56. The summed E-state index contributed by atoms with van der Waals surface area (Å²) in [4.78, 5) is 15.1. The summed E-state index contributed by atoms with van der Waals surface area (Å²) in [5.74, 6) is 1.43. The number of nitrogens with zero attached hydrogens (tertiary/aromatic N) is 1. The Labute approximate surface area is 116 Å². The summed E-state index contributed by atoms with van der Waals surface area (Å²) in [6.45, 7) is 9.32. The Morgan fingerprint density at radius 3 is 2.53 bits per heavy atom. The Kier molecular flexibility index (Phi) is 4.51. The Hall–Kier alpha value is -0.610. The second kappa shape index (κ2) is 5.80. The van der Waals surface area contributed by atoms with Crippen LogP contribution >= 0.6 is 0 Å². The van der Waals surface area contributed by atoms with Gasteiger partial charge in [-0.2, -0.15) is 0 Å². The van der Waals surface area contributed by atoms with Crippen molar-refractivity contribution in [2.45, 2.75) is 46.1 Å². The lowest BCUT2D eigenvalue weighted by Crippen LogP contribution is -2.57.